The summed E-state index contributed by atoms with van der Waals surface area (Å²) in [6.07, 6.45) is 1.68. The lowest BCUT2D eigenvalue weighted by Crippen LogP contribution is -2.48. The molecule has 5 heteroatoms. The van der Waals surface area contributed by atoms with Gasteiger partial charge in [0.1, 0.15) is 6.04 Å². The largest absolute Gasteiger partial charge is 0.353 e. The minimum Gasteiger partial charge on any atom is -0.353 e. The average Bonchev–Trinajstić information content (AvgIpc) is 2.60. The molecule has 0 bridgehead atoms. The van der Waals surface area contributed by atoms with E-state index in [1.807, 2.05) is 14.0 Å². The standard InChI is InChI=1S/C11H21N3O2/c1-8-4-5-10(14(8)9(2)15)11(16)13-7-6-12-3/h8,10,12H,4-7H2,1-3H3,(H,13,16). The van der Waals surface area contributed by atoms with Crippen LogP contribution in [0.1, 0.15) is 26.7 Å². The van der Waals surface area contributed by atoms with Crippen LogP contribution in [-0.4, -0.2) is 48.9 Å². The minimum atomic E-state index is -0.274. The Morgan fingerprint density at radius 3 is 2.56 bits per heavy atom. The van der Waals surface area contributed by atoms with E-state index in [0.29, 0.717) is 6.54 Å². The Kier molecular flexibility index (Phi) is 4.73. The van der Waals surface area contributed by atoms with E-state index < -0.39 is 0 Å². The highest BCUT2D eigenvalue weighted by Gasteiger charge is 2.36. The molecule has 1 rings (SSSR count). The van der Waals surface area contributed by atoms with Gasteiger partial charge in [-0.25, -0.2) is 0 Å². The molecule has 2 unspecified atom stereocenters. The summed E-state index contributed by atoms with van der Waals surface area (Å²) in [4.78, 5) is 25.0. The molecule has 0 aliphatic carbocycles. The third-order valence-corrected chi connectivity index (χ3v) is 3.01. The molecule has 1 heterocycles. The fraction of sp³-hybridized carbons (Fsp3) is 0.818. The predicted molar refractivity (Wildman–Crippen MR) is 61.9 cm³/mol. The maximum atomic E-state index is 11.8. The molecule has 1 fully saturated rings. The Morgan fingerprint density at radius 1 is 1.31 bits per heavy atom. The van der Waals surface area contributed by atoms with Gasteiger partial charge in [-0.3, -0.25) is 9.59 Å². The highest BCUT2D eigenvalue weighted by Crippen LogP contribution is 2.23. The van der Waals surface area contributed by atoms with Crippen molar-refractivity contribution >= 4 is 11.8 Å². The van der Waals surface area contributed by atoms with Crippen molar-refractivity contribution < 1.29 is 9.59 Å². The van der Waals surface area contributed by atoms with Crippen molar-refractivity contribution in [3.05, 3.63) is 0 Å². The Hall–Kier alpha value is -1.10. The van der Waals surface area contributed by atoms with E-state index in [9.17, 15) is 9.59 Å². The molecule has 2 N–H and O–H groups in total. The van der Waals surface area contributed by atoms with Crippen LogP contribution in [0.25, 0.3) is 0 Å². The second kappa shape index (κ2) is 5.84. The molecular weight excluding hydrogens is 206 g/mol. The number of nitrogens with one attached hydrogen (secondary N) is 2. The highest BCUT2D eigenvalue weighted by atomic mass is 16.2. The first kappa shape index (κ1) is 13.0. The molecule has 1 aliphatic heterocycles. The average molecular weight is 227 g/mol. The van der Waals surface area contributed by atoms with Gasteiger partial charge in [0, 0.05) is 26.1 Å². The third kappa shape index (κ3) is 2.95. The molecule has 2 atom stereocenters. The van der Waals surface area contributed by atoms with Crippen molar-refractivity contribution in [2.45, 2.75) is 38.8 Å². The van der Waals surface area contributed by atoms with Crippen LogP contribution < -0.4 is 10.6 Å². The van der Waals surface area contributed by atoms with Crippen LogP contribution in [0.5, 0.6) is 0 Å². The van der Waals surface area contributed by atoms with Crippen molar-refractivity contribution in [3.8, 4) is 0 Å². The number of likely N-dealkylation sites (tertiary alicyclic amines) is 1. The van der Waals surface area contributed by atoms with Gasteiger partial charge in [0.25, 0.3) is 0 Å². The van der Waals surface area contributed by atoms with Gasteiger partial charge in [-0.15, -0.1) is 0 Å². The van der Waals surface area contributed by atoms with Crippen molar-refractivity contribution in [1.82, 2.24) is 15.5 Å². The number of rotatable bonds is 4. The zero-order valence-electron chi connectivity index (χ0n) is 10.2. The molecule has 2 amide bonds. The molecule has 92 valence electrons. The Bertz CT molecular complexity index is 268. The molecule has 1 aliphatic rings. The second-order valence-corrected chi connectivity index (χ2v) is 4.26. The zero-order valence-corrected chi connectivity index (χ0v) is 10.2. The van der Waals surface area contributed by atoms with E-state index in [2.05, 4.69) is 10.6 Å². The summed E-state index contributed by atoms with van der Waals surface area (Å²) in [5.41, 5.74) is 0. The fourth-order valence-corrected chi connectivity index (χ4v) is 2.20. The number of nitrogens with zero attached hydrogens (tertiary/aromatic N) is 1. The molecule has 0 spiro atoms. The van der Waals surface area contributed by atoms with Gasteiger partial charge < -0.3 is 15.5 Å². The lowest BCUT2D eigenvalue weighted by atomic mass is 10.2. The van der Waals surface area contributed by atoms with Crippen LogP contribution in [0.3, 0.4) is 0 Å². The van der Waals surface area contributed by atoms with E-state index in [1.165, 1.54) is 6.92 Å². The lowest BCUT2D eigenvalue weighted by molar-refractivity contribution is -0.138. The number of carbonyl (C=O) groups is 2. The molecule has 0 aromatic heterocycles. The van der Waals surface area contributed by atoms with E-state index in [-0.39, 0.29) is 23.9 Å². The van der Waals surface area contributed by atoms with E-state index in [4.69, 9.17) is 0 Å². The van der Waals surface area contributed by atoms with Crippen LogP contribution in [0.15, 0.2) is 0 Å². The SMILES string of the molecule is CNCCNC(=O)C1CCC(C)N1C(C)=O. The van der Waals surface area contributed by atoms with Crippen molar-refractivity contribution in [1.29, 1.82) is 0 Å². The molecule has 0 aromatic carbocycles. The fourth-order valence-electron chi connectivity index (χ4n) is 2.20. The minimum absolute atomic E-state index is 0.0150. The number of carbonyl (C=O) groups excluding carboxylic acids is 2. The van der Waals surface area contributed by atoms with Crippen LogP contribution in [0.2, 0.25) is 0 Å². The van der Waals surface area contributed by atoms with Gasteiger partial charge in [0.2, 0.25) is 11.8 Å². The van der Waals surface area contributed by atoms with Crippen LogP contribution in [-0.2, 0) is 9.59 Å². The summed E-state index contributed by atoms with van der Waals surface area (Å²) in [5, 5.41) is 5.80. The third-order valence-electron chi connectivity index (χ3n) is 3.01. The Labute approximate surface area is 96.6 Å². The van der Waals surface area contributed by atoms with Gasteiger partial charge in [-0.1, -0.05) is 0 Å². The predicted octanol–water partition coefficient (Wildman–Crippen LogP) is -0.279. The van der Waals surface area contributed by atoms with E-state index in [0.717, 1.165) is 19.4 Å². The monoisotopic (exact) mass is 227 g/mol. The van der Waals surface area contributed by atoms with Gasteiger partial charge in [-0.2, -0.15) is 0 Å². The first-order valence-electron chi connectivity index (χ1n) is 5.79. The highest BCUT2D eigenvalue weighted by molar-refractivity contribution is 5.87. The van der Waals surface area contributed by atoms with Crippen molar-refractivity contribution in [3.63, 3.8) is 0 Å². The molecule has 0 saturated carbocycles. The van der Waals surface area contributed by atoms with Crippen LogP contribution in [0.4, 0.5) is 0 Å². The maximum absolute atomic E-state index is 11.8. The number of likely N-dealkylation sites (N-methyl/N-ethyl adjacent to an activating group) is 1. The molecule has 16 heavy (non-hydrogen) atoms. The van der Waals surface area contributed by atoms with Crippen molar-refractivity contribution in [2.24, 2.45) is 0 Å². The number of amides is 2. The first-order valence-corrected chi connectivity index (χ1v) is 5.79. The number of hydrogen-bond donors (Lipinski definition) is 2. The molecule has 5 nitrogen and oxygen atoms in total. The smallest absolute Gasteiger partial charge is 0.242 e. The summed E-state index contributed by atoms with van der Waals surface area (Å²) < 4.78 is 0. The lowest BCUT2D eigenvalue weighted by Gasteiger charge is -2.26. The molecule has 1 saturated heterocycles. The first-order chi connectivity index (χ1) is 7.57. The summed E-state index contributed by atoms with van der Waals surface area (Å²) in [7, 11) is 1.84. The van der Waals surface area contributed by atoms with Gasteiger partial charge in [-0.05, 0) is 26.8 Å². The number of hydrogen-bond acceptors (Lipinski definition) is 3. The van der Waals surface area contributed by atoms with Crippen LogP contribution in [0, 0.1) is 0 Å². The summed E-state index contributed by atoms with van der Waals surface area (Å²) >= 11 is 0. The molecule has 0 radical (unpaired) electrons. The summed E-state index contributed by atoms with van der Waals surface area (Å²) in [6.45, 7) is 4.86. The topological polar surface area (TPSA) is 61.4 Å². The summed E-state index contributed by atoms with van der Waals surface area (Å²) in [6, 6.07) is -0.0955. The van der Waals surface area contributed by atoms with E-state index >= 15 is 0 Å². The molecule has 0 aromatic rings. The Morgan fingerprint density at radius 2 is 2.00 bits per heavy atom. The summed E-state index contributed by atoms with van der Waals surface area (Å²) in [5.74, 6) is -0.0476. The van der Waals surface area contributed by atoms with Gasteiger partial charge in [0.05, 0.1) is 0 Å². The quantitative estimate of drug-likeness (QED) is 0.649. The van der Waals surface area contributed by atoms with Crippen LogP contribution >= 0.6 is 0 Å². The van der Waals surface area contributed by atoms with E-state index in [1.54, 1.807) is 4.90 Å². The van der Waals surface area contributed by atoms with Gasteiger partial charge in [0.15, 0.2) is 0 Å². The van der Waals surface area contributed by atoms with Gasteiger partial charge >= 0.3 is 0 Å². The molecular formula is C11H21N3O2. The van der Waals surface area contributed by atoms with Crippen molar-refractivity contribution in [2.75, 3.05) is 20.1 Å². The normalized spacial score (nSPS) is 24.6. The second-order valence-electron chi connectivity index (χ2n) is 4.26. The maximum Gasteiger partial charge on any atom is 0.242 e. The Balaban J connectivity index is 2.51. The zero-order chi connectivity index (χ0) is 12.1.